The summed E-state index contributed by atoms with van der Waals surface area (Å²) in [7, 11) is -2.14. The van der Waals surface area contributed by atoms with Gasteiger partial charge in [-0.15, -0.1) is 11.8 Å². The Balaban J connectivity index is 1.83. The topological polar surface area (TPSA) is 87.1 Å². The first kappa shape index (κ1) is 25.9. The van der Waals surface area contributed by atoms with Crippen molar-refractivity contribution in [2.75, 3.05) is 30.9 Å². The van der Waals surface area contributed by atoms with Gasteiger partial charge in [0.1, 0.15) is 22.7 Å². The SMILES string of the molecule is CCCCC1CN(c2ccccc2)c2cc(SCC)c(OCC3(C(=O)O)CC3)cc2S(=O)(=O)N1C. The monoisotopic (exact) mass is 518 g/mol. The predicted octanol–water partition coefficient (Wildman–Crippen LogP) is 5.37. The summed E-state index contributed by atoms with van der Waals surface area (Å²) in [4.78, 5) is 14.8. The molecule has 1 heterocycles. The van der Waals surface area contributed by atoms with Crippen LogP contribution in [0.4, 0.5) is 11.4 Å². The number of carboxylic acid groups (broad SMARTS) is 1. The summed E-state index contributed by atoms with van der Waals surface area (Å²) < 4.78 is 35.3. The number of fused-ring (bicyclic) bond motifs is 1. The highest BCUT2D eigenvalue weighted by Gasteiger charge is 2.51. The molecule has 0 bridgehead atoms. The minimum Gasteiger partial charge on any atom is -0.491 e. The van der Waals surface area contributed by atoms with Crippen molar-refractivity contribution in [3.05, 3.63) is 42.5 Å². The van der Waals surface area contributed by atoms with Crippen LogP contribution in [0.1, 0.15) is 46.0 Å². The van der Waals surface area contributed by atoms with Crippen molar-refractivity contribution in [2.45, 2.75) is 61.8 Å². The van der Waals surface area contributed by atoms with E-state index in [-0.39, 0.29) is 17.5 Å². The second kappa shape index (κ2) is 10.4. The smallest absolute Gasteiger partial charge is 0.313 e. The number of hydrogen-bond acceptors (Lipinski definition) is 6. The van der Waals surface area contributed by atoms with E-state index in [9.17, 15) is 18.3 Å². The van der Waals surface area contributed by atoms with Crippen LogP contribution in [0, 0.1) is 5.41 Å². The summed E-state index contributed by atoms with van der Waals surface area (Å²) in [5, 5.41) is 9.57. The van der Waals surface area contributed by atoms with Gasteiger partial charge in [0.2, 0.25) is 10.0 Å². The lowest BCUT2D eigenvalue weighted by Gasteiger charge is -2.29. The van der Waals surface area contributed by atoms with Gasteiger partial charge in [0.05, 0.1) is 10.6 Å². The highest BCUT2D eigenvalue weighted by atomic mass is 32.2. The second-order valence-corrected chi connectivity index (χ2v) is 12.6. The number of unbranched alkanes of at least 4 members (excludes halogenated alkanes) is 1. The molecule has 2 aliphatic rings. The minimum absolute atomic E-state index is 0.0375. The number of rotatable bonds is 10. The average Bonchev–Trinajstić information content (AvgIpc) is 3.65. The van der Waals surface area contributed by atoms with E-state index in [4.69, 9.17) is 4.74 Å². The number of sulfonamides is 1. The molecular weight excluding hydrogens is 484 g/mol. The van der Waals surface area contributed by atoms with Gasteiger partial charge in [0.15, 0.2) is 0 Å². The Labute approximate surface area is 212 Å². The van der Waals surface area contributed by atoms with E-state index in [1.165, 1.54) is 4.31 Å². The number of aliphatic carboxylic acids is 1. The lowest BCUT2D eigenvalue weighted by Crippen LogP contribution is -2.40. The van der Waals surface area contributed by atoms with E-state index in [2.05, 4.69) is 11.8 Å². The van der Waals surface area contributed by atoms with Gasteiger partial charge >= 0.3 is 5.97 Å². The van der Waals surface area contributed by atoms with Crippen LogP contribution < -0.4 is 9.64 Å². The van der Waals surface area contributed by atoms with Crippen LogP contribution in [0.5, 0.6) is 5.75 Å². The molecule has 1 atom stereocenters. The Bertz CT molecular complexity index is 1170. The lowest BCUT2D eigenvalue weighted by molar-refractivity contribution is -0.144. The van der Waals surface area contributed by atoms with E-state index in [0.29, 0.717) is 30.8 Å². The molecule has 1 fully saturated rings. The summed E-state index contributed by atoms with van der Waals surface area (Å²) in [6.45, 7) is 4.72. The van der Waals surface area contributed by atoms with Gasteiger partial charge in [0.25, 0.3) is 0 Å². The number of hydrogen-bond donors (Lipinski definition) is 1. The molecule has 1 N–H and O–H groups in total. The Morgan fingerprint density at radius 2 is 1.91 bits per heavy atom. The van der Waals surface area contributed by atoms with E-state index in [1.54, 1.807) is 24.9 Å². The molecular formula is C26H34N2O5S2. The largest absolute Gasteiger partial charge is 0.491 e. The van der Waals surface area contributed by atoms with Gasteiger partial charge in [-0.05, 0) is 43.2 Å². The Hall–Kier alpha value is -2.23. The molecule has 35 heavy (non-hydrogen) atoms. The number of benzene rings is 2. The molecule has 7 nitrogen and oxygen atoms in total. The molecule has 2 aromatic rings. The van der Waals surface area contributed by atoms with Crippen LogP contribution >= 0.6 is 11.8 Å². The first-order chi connectivity index (χ1) is 16.7. The number of thioether (sulfide) groups is 1. The minimum atomic E-state index is -3.80. The van der Waals surface area contributed by atoms with Crippen molar-refractivity contribution in [2.24, 2.45) is 5.41 Å². The van der Waals surface area contributed by atoms with Crippen LogP contribution in [0.3, 0.4) is 0 Å². The fraction of sp³-hybridized carbons (Fsp3) is 0.500. The molecule has 190 valence electrons. The molecule has 1 saturated carbocycles. The van der Waals surface area contributed by atoms with Gasteiger partial charge in [0, 0.05) is 31.4 Å². The third kappa shape index (κ3) is 5.17. The van der Waals surface area contributed by atoms with Crippen molar-refractivity contribution in [3.8, 4) is 5.75 Å². The summed E-state index contributed by atoms with van der Waals surface area (Å²) in [5.41, 5.74) is 0.701. The molecule has 9 heteroatoms. The van der Waals surface area contributed by atoms with Crippen LogP contribution in [-0.2, 0) is 14.8 Å². The zero-order chi connectivity index (χ0) is 25.2. The van der Waals surface area contributed by atoms with Gasteiger partial charge in [-0.3, -0.25) is 4.79 Å². The third-order valence-electron chi connectivity index (χ3n) is 6.95. The van der Waals surface area contributed by atoms with Crippen LogP contribution in [-0.4, -0.2) is 55.8 Å². The second-order valence-electron chi connectivity index (χ2n) is 9.34. The Kier molecular flexibility index (Phi) is 7.68. The fourth-order valence-electron chi connectivity index (χ4n) is 4.46. The highest BCUT2D eigenvalue weighted by molar-refractivity contribution is 7.99. The quantitative estimate of drug-likeness (QED) is 0.423. The molecule has 0 aromatic heterocycles. The average molecular weight is 519 g/mol. The lowest BCUT2D eigenvalue weighted by atomic mass is 10.1. The number of likely N-dealkylation sites (N-methyl/N-ethyl adjacent to an activating group) is 1. The van der Waals surface area contributed by atoms with Crippen LogP contribution in [0.15, 0.2) is 52.3 Å². The summed E-state index contributed by atoms with van der Waals surface area (Å²) in [6, 6.07) is 13.2. The molecule has 2 aromatic carbocycles. The maximum absolute atomic E-state index is 13.9. The summed E-state index contributed by atoms with van der Waals surface area (Å²) >= 11 is 1.57. The predicted molar refractivity (Wildman–Crippen MR) is 139 cm³/mol. The van der Waals surface area contributed by atoms with Crippen molar-refractivity contribution >= 4 is 39.1 Å². The molecule has 1 aliphatic heterocycles. The maximum atomic E-state index is 13.9. The summed E-state index contributed by atoms with van der Waals surface area (Å²) in [6.07, 6.45) is 3.84. The highest BCUT2D eigenvalue weighted by Crippen LogP contribution is 2.48. The van der Waals surface area contributed by atoms with Crippen molar-refractivity contribution < 1.29 is 23.1 Å². The van der Waals surface area contributed by atoms with Gasteiger partial charge < -0.3 is 14.7 Å². The Morgan fingerprint density at radius 1 is 1.20 bits per heavy atom. The maximum Gasteiger partial charge on any atom is 0.313 e. The zero-order valence-electron chi connectivity index (χ0n) is 20.6. The van der Waals surface area contributed by atoms with E-state index in [1.807, 2.05) is 43.3 Å². The number of anilines is 2. The molecule has 0 amide bonds. The molecule has 1 unspecified atom stereocenters. The molecule has 0 saturated heterocycles. The number of ether oxygens (including phenoxy) is 1. The van der Waals surface area contributed by atoms with Gasteiger partial charge in [-0.25, -0.2) is 8.42 Å². The standard InChI is InChI=1S/C26H34N2O5S2/c1-4-6-10-20-17-28(19-11-8-7-9-12-19)21-15-23(34-5-2)22(16-24(21)35(31,32)27(20)3)33-18-26(13-14-26)25(29)30/h7-9,11-12,15-16,20H,4-6,10,13-14,17-18H2,1-3H3,(H,29,30). The fourth-order valence-corrected chi connectivity index (χ4v) is 6.79. The van der Waals surface area contributed by atoms with Crippen LogP contribution in [0.2, 0.25) is 0 Å². The van der Waals surface area contributed by atoms with Gasteiger partial charge in [-0.2, -0.15) is 4.31 Å². The number of carboxylic acids is 1. The zero-order valence-corrected chi connectivity index (χ0v) is 22.2. The number of para-hydroxylation sites is 1. The molecule has 0 spiro atoms. The molecule has 4 rings (SSSR count). The number of nitrogens with zero attached hydrogens (tertiary/aromatic N) is 2. The molecule has 1 aliphatic carbocycles. The van der Waals surface area contributed by atoms with Crippen molar-refractivity contribution in [1.82, 2.24) is 4.31 Å². The first-order valence-corrected chi connectivity index (χ1v) is 14.6. The Morgan fingerprint density at radius 3 is 2.51 bits per heavy atom. The van der Waals surface area contributed by atoms with Crippen molar-refractivity contribution in [1.29, 1.82) is 0 Å². The van der Waals surface area contributed by atoms with Crippen LogP contribution in [0.25, 0.3) is 0 Å². The first-order valence-electron chi connectivity index (χ1n) is 12.2. The molecule has 0 radical (unpaired) electrons. The normalized spacial score (nSPS) is 20.7. The van der Waals surface area contributed by atoms with E-state index >= 15 is 0 Å². The van der Waals surface area contributed by atoms with Crippen molar-refractivity contribution in [3.63, 3.8) is 0 Å². The van der Waals surface area contributed by atoms with E-state index in [0.717, 1.165) is 35.6 Å². The number of carbonyl (C=O) groups is 1. The third-order valence-corrected chi connectivity index (χ3v) is 9.81. The van der Waals surface area contributed by atoms with Gasteiger partial charge in [-0.1, -0.05) is 44.9 Å². The van der Waals surface area contributed by atoms with E-state index < -0.39 is 21.4 Å². The summed E-state index contributed by atoms with van der Waals surface area (Å²) in [5.74, 6) is 0.342.